The van der Waals surface area contributed by atoms with Gasteiger partial charge in [-0.25, -0.2) is 9.78 Å². The molecule has 0 aliphatic heterocycles. The van der Waals surface area contributed by atoms with Crippen molar-refractivity contribution >= 4 is 0 Å². The van der Waals surface area contributed by atoms with Gasteiger partial charge in [-0.1, -0.05) is 20.3 Å². The Bertz CT molecular complexity index is 367. The van der Waals surface area contributed by atoms with E-state index in [4.69, 9.17) is 0 Å². The van der Waals surface area contributed by atoms with E-state index in [9.17, 15) is 4.79 Å². The molecule has 0 radical (unpaired) electrons. The van der Waals surface area contributed by atoms with Crippen LogP contribution in [-0.2, 0) is 6.54 Å². The van der Waals surface area contributed by atoms with E-state index in [0.29, 0.717) is 12.6 Å². The first kappa shape index (κ1) is 12.9. The topological polar surface area (TPSA) is 46.9 Å². The molecule has 0 saturated carbocycles. The Kier molecular flexibility index (Phi) is 5.19. The Morgan fingerprint density at radius 2 is 2.25 bits per heavy atom. The number of nitrogens with zero attached hydrogens (tertiary/aromatic N) is 2. The molecule has 0 aliphatic rings. The highest BCUT2D eigenvalue weighted by atomic mass is 16.1. The van der Waals surface area contributed by atoms with Crippen molar-refractivity contribution in [3.8, 4) is 0 Å². The van der Waals surface area contributed by atoms with Crippen LogP contribution in [0.4, 0.5) is 0 Å². The van der Waals surface area contributed by atoms with E-state index in [-0.39, 0.29) is 5.69 Å². The first-order valence-corrected chi connectivity index (χ1v) is 5.93. The number of nitrogens with one attached hydrogen (secondary N) is 1. The zero-order valence-corrected chi connectivity index (χ0v) is 10.4. The second-order valence-corrected chi connectivity index (χ2v) is 4.11. The highest BCUT2D eigenvalue weighted by Gasteiger charge is 2.08. The molecule has 0 aliphatic carbocycles. The Morgan fingerprint density at radius 1 is 1.50 bits per heavy atom. The van der Waals surface area contributed by atoms with Crippen molar-refractivity contribution in [2.24, 2.45) is 0 Å². The predicted molar refractivity (Wildman–Crippen MR) is 65.6 cm³/mol. The van der Waals surface area contributed by atoms with Gasteiger partial charge in [0.2, 0.25) is 0 Å². The first-order chi connectivity index (χ1) is 7.67. The molecule has 16 heavy (non-hydrogen) atoms. The van der Waals surface area contributed by atoms with Gasteiger partial charge in [-0.15, -0.1) is 0 Å². The summed E-state index contributed by atoms with van der Waals surface area (Å²) in [4.78, 5) is 15.4. The molecule has 1 rings (SSSR count). The van der Waals surface area contributed by atoms with Crippen LogP contribution in [0.2, 0.25) is 0 Å². The van der Waals surface area contributed by atoms with Gasteiger partial charge in [0, 0.05) is 25.0 Å². The Morgan fingerprint density at radius 3 is 2.88 bits per heavy atom. The van der Waals surface area contributed by atoms with Gasteiger partial charge in [-0.3, -0.25) is 4.57 Å². The lowest BCUT2D eigenvalue weighted by atomic mass is 10.1. The molecule has 1 aromatic heterocycles. The van der Waals surface area contributed by atoms with Crippen molar-refractivity contribution in [1.82, 2.24) is 14.9 Å². The number of likely N-dealkylation sites (N-methyl/N-ethyl adjacent to an activating group) is 1. The summed E-state index contributed by atoms with van der Waals surface area (Å²) < 4.78 is 1.69. The number of hydrogen-bond donors (Lipinski definition) is 1. The number of aromatic nitrogens is 2. The van der Waals surface area contributed by atoms with Crippen molar-refractivity contribution in [2.75, 3.05) is 6.54 Å². The van der Waals surface area contributed by atoms with E-state index in [1.807, 2.05) is 13.1 Å². The average Bonchev–Trinajstić information content (AvgIpc) is 2.24. The highest BCUT2D eigenvalue weighted by Crippen LogP contribution is 2.00. The minimum Gasteiger partial charge on any atom is -0.312 e. The average molecular weight is 223 g/mol. The van der Waals surface area contributed by atoms with E-state index in [1.54, 1.807) is 10.8 Å². The molecule has 0 saturated heterocycles. The van der Waals surface area contributed by atoms with Crippen LogP contribution in [0.1, 0.15) is 32.3 Å². The summed E-state index contributed by atoms with van der Waals surface area (Å²) in [5, 5.41) is 3.39. The Labute approximate surface area is 96.7 Å². The molecule has 1 heterocycles. The first-order valence-electron chi connectivity index (χ1n) is 5.93. The quantitative estimate of drug-likeness (QED) is 0.791. The van der Waals surface area contributed by atoms with Gasteiger partial charge in [-0.05, 0) is 25.5 Å². The summed E-state index contributed by atoms with van der Waals surface area (Å²) >= 11 is 0. The predicted octanol–water partition coefficient (Wildman–Crippen LogP) is 1.33. The molecule has 4 heteroatoms. The zero-order valence-electron chi connectivity index (χ0n) is 10.4. The molecule has 90 valence electrons. The van der Waals surface area contributed by atoms with Crippen molar-refractivity contribution in [1.29, 1.82) is 0 Å². The number of rotatable bonds is 6. The maximum absolute atomic E-state index is 11.5. The van der Waals surface area contributed by atoms with Crippen molar-refractivity contribution in [2.45, 2.75) is 46.2 Å². The summed E-state index contributed by atoms with van der Waals surface area (Å²) in [7, 11) is 0. The maximum atomic E-state index is 11.5. The fourth-order valence-corrected chi connectivity index (χ4v) is 1.83. The molecule has 0 amide bonds. The summed E-state index contributed by atoms with van der Waals surface area (Å²) in [6.07, 6.45) is 5.68. The van der Waals surface area contributed by atoms with Crippen LogP contribution in [0.3, 0.4) is 0 Å². The normalized spacial score (nSPS) is 12.7. The minimum absolute atomic E-state index is 0.162. The molecule has 4 nitrogen and oxygen atoms in total. The Balaban J connectivity index is 2.75. The molecular formula is C12H21N3O. The van der Waals surface area contributed by atoms with Crippen molar-refractivity contribution < 1.29 is 0 Å². The summed E-state index contributed by atoms with van der Waals surface area (Å²) in [6.45, 7) is 7.82. The van der Waals surface area contributed by atoms with Crippen LogP contribution in [0, 0.1) is 6.92 Å². The second kappa shape index (κ2) is 6.43. The van der Waals surface area contributed by atoms with Crippen LogP contribution in [0.25, 0.3) is 0 Å². The molecule has 0 spiro atoms. The molecule has 0 fully saturated rings. The third-order valence-corrected chi connectivity index (χ3v) is 2.53. The molecular weight excluding hydrogens is 202 g/mol. The van der Waals surface area contributed by atoms with Gasteiger partial charge >= 0.3 is 5.69 Å². The van der Waals surface area contributed by atoms with Crippen molar-refractivity contribution in [3.63, 3.8) is 0 Å². The van der Waals surface area contributed by atoms with E-state index in [0.717, 1.165) is 24.9 Å². The van der Waals surface area contributed by atoms with Gasteiger partial charge in [-0.2, -0.15) is 0 Å². The molecule has 1 N–H and O–H groups in total. The lowest BCUT2D eigenvalue weighted by Gasteiger charge is -2.18. The molecule has 1 unspecified atom stereocenters. The third-order valence-electron chi connectivity index (χ3n) is 2.53. The van der Waals surface area contributed by atoms with Crippen LogP contribution >= 0.6 is 0 Å². The minimum atomic E-state index is -0.162. The highest BCUT2D eigenvalue weighted by molar-refractivity contribution is 5.00. The lowest BCUT2D eigenvalue weighted by molar-refractivity contribution is 0.419. The van der Waals surface area contributed by atoms with Gasteiger partial charge in [0.05, 0.1) is 0 Å². The standard InChI is InChI=1S/C12H21N3O/c1-4-6-11(13-5-2)9-15-8-10(3)7-14-12(15)16/h7-8,11,13H,4-6,9H2,1-3H3. The number of hydrogen-bond acceptors (Lipinski definition) is 3. The zero-order chi connectivity index (χ0) is 12.0. The van der Waals surface area contributed by atoms with Gasteiger partial charge in [0.1, 0.15) is 0 Å². The second-order valence-electron chi connectivity index (χ2n) is 4.11. The maximum Gasteiger partial charge on any atom is 0.347 e. The Hall–Kier alpha value is -1.16. The molecule has 0 bridgehead atoms. The van der Waals surface area contributed by atoms with Crippen LogP contribution < -0.4 is 11.0 Å². The van der Waals surface area contributed by atoms with Crippen LogP contribution in [-0.4, -0.2) is 22.1 Å². The SMILES string of the molecule is CCCC(Cn1cc(C)cnc1=O)NCC. The van der Waals surface area contributed by atoms with E-state index < -0.39 is 0 Å². The molecule has 1 aromatic rings. The van der Waals surface area contributed by atoms with Gasteiger partial charge in [0.25, 0.3) is 0 Å². The number of aryl methyl sites for hydroxylation is 1. The summed E-state index contributed by atoms with van der Waals surface area (Å²) in [6, 6.07) is 0.358. The van der Waals surface area contributed by atoms with E-state index in [2.05, 4.69) is 24.1 Å². The van der Waals surface area contributed by atoms with Crippen LogP contribution in [0.5, 0.6) is 0 Å². The fraction of sp³-hybridized carbons (Fsp3) is 0.667. The molecule has 0 aromatic carbocycles. The smallest absolute Gasteiger partial charge is 0.312 e. The van der Waals surface area contributed by atoms with Crippen LogP contribution in [0.15, 0.2) is 17.2 Å². The van der Waals surface area contributed by atoms with Crippen molar-refractivity contribution in [3.05, 3.63) is 28.4 Å². The van der Waals surface area contributed by atoms with Gasteiger partial charge in [0.15, 0.2) is 0 Å². The largest absolute Gasteiger partial charge is 0.347 e. The monoisotopic (exact) mass is 223 g/mol. The third kappa shape index (κ3) is 3.77. The molecule has 1 atom stereocenters. The lowest BCUT2D eigenvalue weighted by Crippen LogP contribution is -2.37. The van der Waals surface area contributed by atoms with E-state index in [1.165, 1.54) is 0 Å². The summed E-state index contributed by atoms with van der Waals surface area (Å²) in [5.74, 6) is 0. The fourth-order valence-electron chi connectivity index (χ4n) is 1.83. The van der Waals surface area contributed by atoms with Gasteiger partial charge < -0.3 is 5.32 Å². The summed E-state index contributed by atoms with van der Waals surface area (Å²) in [5.41, 5.74) is 0.857. The van der Waals surface area contributed by atoms with E-state index >= 15 is 0 Å².